The van der Waals surface area contributed by atoms with Gasteiger partial charge in [-0.3, -0.25) is 4.40 Å². The topological polar surface area (TPSA) is 93.4 Å². The van der Waals surface area contributed by atoms with Crippen molar-refractivity contribution in [1.82, 2.24) is 24.9 Å². The van der Waals surface area contributed by atoms with Crippen LogP contribution in [0.15, 0.2) is 12.1 Å². The molecule has 8 nitrogen and oxygen atoms in total. The van der Waals surface area contributed by atoms with Crippen LogP contribution >= 0.6 is 23.2 Å². The summed E-state index contributed by atoms with van der Waals surface area (Å²) >= 11 is 12.3. The van der Waals surface area contributed by atoms with Gasteiger partial charge >= 0.3 is 6.09 Å². The number of fused-ring (bicyclic) bond motifs is 3. The number of anilines is 1. The molecule has 0 radical (unpaired) electrons. The first-order valence-corrected chi connectivity index (χ1v) is 10.1. The molecule has 10 heteroatoms. The van der Waals surface area contributed by atoms with E-state index in [0.29, 0.717) is 40.1 Å². The number of aromatic nitrogens is 4. The molecule has 1 aromatic carbocycles. The van der Waals surface area contributed by atoms with Crippen molar-refractivity contribution in [2.24, 2.45) is 0 Å². The molecule has 0 unspecified atom stereocenters. The molecule has 2 N–H and O–H groups in total. The number of hydrogen-bond acceptors (Lipinski definition) is 6. The number of alkyl carbamates (subject to hydrolysis) is 1. The predicted molar refractivity (Wildman–Crippen MR) is 115 cm³/mol. The van der Waals surface area contributed by atoms with Crippen molar-refractivity contribution in [3.05, 3.63) is 28.0 Å². The van der Waals surface area contributed by atoms with Crippen molar-refractivity contribution in [2.45, 2.75) is 46.1 Å². The summed E-state index contributed by atoms with van der Waals surface area (Å²) in [7, 11) is 0. The van der Waals surface area contributed by atoms with Gasteiger partial charge in [-0.1, -0.05) is 23.2 Å². The minimum absolute atomic E-state index is 0.405. The summed E-state index contributed by atoms with van der Waals surface area (Å²) in [5.41, 5.74) is 1.62. The van der Waals surface area contributed by atoms with Gasteiger partial charge in [0.1, 0.15) is 11.4 Å². The molecule has 3 rings (SSSR count). The van der Waals surface area contributed by atoms with E-state index in [1.807, 2.05) is 32.1 Å². The van der Waals surface area contributed by atoms with E-state index in [-0.39, 0.29) is 0 Å². The molecule has 0 saturated heterocycles. The first-order valence-electron chi connectivity index (χ1n) is 9.37. The van der Waals surface area contributed by atoms with Crippen LogP contribution in [0, 0.1) is 6.92 Å². The number of carbonyl (C=O) groups is 1. The molecule has 0 spiro atoms. The molecule has 156 valence electrons. The maximum atomic E-state index is 11.6. The molecule has 0 fully saturated rings. The van der Waals surface area contributed by atoms with Crippen LogP contribution in [0.1, 0.15) is 39.4 Å². The van der Waals surface area contributed by atoms with E-state index < -0.39 is 11.7 Å². The van der Waals surface area contributed by atoms with Crippen LogP contribution in [0.3, 0.4) is 0 Å². The third-order valence-electron chi connectivity index (χ3n) is 4.09. The van der Waals surface area contributed by atoms with Crippen molar-refractivity contribution in [2.75, 3.05) is 18.4 Å². The number of nitrogens with one attached hydrogen (secondary N) is 2. The van der Waals surface area contributed by atoms with Crippen molar-refractivity contribution >= 4 is 51.8 Å². The van der Waals surface area contributed by atoms with Gasteiger partial charge < -0.3 is 15.4 Å². The molecule has 3 aromatic rings. The maximum Gasteiger partial charge on any atom is 0.407 e. The number of halogens is 2. The normalized spacial score (nSPS) is 11.8. The number of unbranched alkanes of at least 4 members (excludes halogenated alkanes) is 1. The Bertz CT molecular complexity index is 1040. The molecule has 0 aliphatic rings. The summed E-state index contributed by atoms with van der Waals surface area (Å²) < 4.78 is 7.11. The van der Waals surface area contributed by atoms with Crippen LogP contribution in [-0.2, 0) is 4.74 Å². The molecule has 0 bridgehead atoms. The largest absolute Gasteiger partial charge is 0.444 e. The SMILES string of the molecule is Cc1nnc2c(NCCCCNC(=O)OC(C)(C)C)nc3cc(Cl)c(Cl)cc3n12. The van der Waals surface area contributed by atoms with Gasteiger partial charge in [0.05, 0.1) is 21.1 Å². The summed E-state index contributed by atoms with van der Waals surface area (Å²) in [4.78, 5) is 16.3. The molecule has 0 aliphatic heterocycles. The van der Waals surface area contributed by atoms with Crippen molar-refractivity contribution in [3.8, 4) is 0 Å². The highest BCUT2D eigenvalue weighted by Gasteiger charge is 2.16. The van der Waals surface area contributed by atoms with E-state index in [1.54, 1.807) is 12.1 Å². The van der Waals surface area contributed by atoms with Crippen LogP contribution in [-0.4, -0.2) is 44.4 Å². The van der Waals surface area contributed by atoms with E-state index in [2.05, 4.69) is 25.8 Å². The Hall–Kier alpha value is -2.32. The fourth-order valence-electron chi connectivity index (χ4n) is 2.85. The lowest BCUT2D eigenvalue weighted by Crippen LogP contribution is -2.33. The second kappa shape index (κ2) is 8.59. The van der Waals surface area contributed by atoms with Crippen LogP contribution in [0.25, 0.3) is 16.7 Å². The van der Waals surface area contributed by atoms with Crippen molar-refractivity contribution in [1.29, 1.82) is 0 Å². The van der Waals surface area contributed by atoms with Gasteiger partial charge in [0.25, 0.3) is 0 Å². The summed E-state index contributed by atoms with van der Waals surface area (Å²) in [5, 5.41) is 15.3. The number of nitrogens with zero attached hydrogens (tertiary/aromatic N) is 4. The van der Waals surface area contributed by atoms with Crippen LogP contribution in [0.5, 0.6) is 0 Å². The molecular formula is C19H24Cl2N6O2. The van der Waals surface area contributed by atoms with E-state index in [9.17, 15) is 4.79 Å². The zero-order valence-corrected chi connectivity index (χ0v) is 18.4. The summed E-state index contributed by atoms with van der Waals surface area (Å²) in [6.07, 6.45) is 1.22. The average Bonchev–Trinajstić information content (AvgIpc) is 3.00. The van der Waals surface area contributed by atoms with E-state index in [4.69, 9.17) is 27.9 Å². The first kappa shape index (κ1) is 21.4. The monoisotopic (exact) mass is 438 g/mol. The van der Waals surface area contributed by atoms with Gasteiger partial charge in [0.15, 0.2) is 5.82 Å². The van der Waals surface area contributed by atoms with Gasteiger partial charge in [-0.2, -0.15) is 0 Å². The Balaban J connectivity index is 1.63. The second-order valence-electron chi connectivity index (χ2n) is 7.68. The average molecular weight is 439 g/mol. The minimum atomic E-state index is -0.498. The molecule has 29 heavy (non-hydrogen) atoms. The standard InChI is InChI=1S/C19H24Cl2N6O2/c1-11-25-26-17-16(22-7-5-6-8-23-18(28)29-19(2,3)4)24-14-9-12(20)13(21)10-15(14)27(11)17/h9-10H,5-8H2,1-4H3,(H,22,24)(H,23,28). The molecular weight excluding hydrogens is 415 g/mol. The Morgan fingerprint density at radius 1 is 1.14 bits per heavy atom. The Morgan fingerprint density at radius 2 is 1.83 bits per heavy atom. The first-order chi connectivity index (χ1) is 13.7. The highest BCUT2D eigenvalue weighted by Crippen LogP contribution is 2.29. The third-order valence-corrected chi connectivity index (χ3v) is 4.81. The molecule has 0 aliphatic carbocycles. The van der Waals surface area contributed by atoms with Crippen LogP contribution in [0.2, 0.25) is 10.0 Å². The van der Waals surface area contributed by atoms with E-state index in [1.165, 1.54) is 0 Å². The molecule has 2 aromatic heterocycles. The van der Waals surface area contributed by atoms with Crippen LogP contribution < -0.4 is 10.6 Å². The van der Waals surface area contributed by atoms with E-state index >= 15 is 0 Å². The number of amides is 1. The summed E-state index contributed by atoms with van der Waals surface area (Å²) in [5.74, 6) is 1.35. The number of hydrogen-bond donors (Lipinski definition) is 2. The van der Waals surface area contributed by atoms with Gasteiger partial charge in [-0.15, -0.1) is 10.2 Å². The van der Waals surface area contributed by atoms with Gasteiger partial charge in [-0.25, -0.2) is 9.78 Å². The lowest BCUT2D eigenvalue weighted by Gasteiger charge is -2.19. The van der Waals surface area contributed by atoms with Crippen LogP contribution in [0.4, 0.5) is 10.6 Å². The number of rotatable bonds is 6. The summed E-state index contributed by atoms with van der Waals surface area (Å²) in [6.45, 7) is 8.57. The Kier molecular flexibility index (Phi) is 6.33. The zero-order valence-electron chi connectivity index (χ0n) is 16.8. The lowest BCUT2D eigenvalue weighted by atomic mass is 10.2. The zero-order chi connectivity index (χ0) is 21.2. The second-order valence-corrected chi connectivity index (χ2v) is 8.50. The number of aryl methyl sites for hydroxylation is 1. The van der Waals surface area contributed by atoms with Gasteiger partial charge in [-0.05, 0) is 52.7 Å². The van der Waals surface area contributed by atoms with Crippen molar-refractivity contribution in [3.63, 3.8) is 0 Å². The highest BCUT2D eigenvalue weighted by atomic mass is 35.5. The highest BCUT2D eigenvalue weighted by molar-refractivity contribution is 6.42. The number of ether oxygens (including phenoxy) is 1. The fraction of sp³-hybridized carbons (Fsp3) is 0.474. The predicted octanol–water partition coefficient (Wildman–Crippen LogP) is 4.61. The molecule has 1 amide bonds. The van der Waals surface area contributed by atoms with E-state index in [0.717, 1.165) is 24.2 Å². The smallest absolute Gasteiger partial charge is 0.407 e. The molecule has 0 atom stereocenters. The Labute approximate surface area is 178 Å². The maximum absolute atomic E-state index is 11.6. The lowest BCUT2D eigenvalue weighted by molar-refractivity contribution is 0.0527. The number of benzene rings is 1. The van der Waals surface area contributed by atoms with Gasteiger partial charge in [0.2, 0.25) is 5.65 Å². The molecule has 2 heterocycles. The quantitative estimate of drug-likeness (QED) is 0.545. The van der Waals surface area contributed by atoms with Gasteiger partial charge in [0, 0.05) is 13.1 Å². The third kappa shape index (κ3) is 5.19. The van der Waals surface area contributed by atoms with Crippen molar-refractivity contribution < 1.29 is 9.53 Å². The Morgan fingerprint density at radius 3 is 2.55 bits per heavy atom. The number of carbonyl (C=O) groups excluding carboxylic acids is 1. The minimum Gasteiger partial charge on any atom is -0.444 e. The summed E-state index contributed by atoms with van der Waals surface area (Å²) in [6, 6.07) is 3.50. The molecule has 0 saturated carbocycles. The fourth-order valence-corrected chi connectivity index (χ4v) is 3.16.